The summed E-state index contributed by atoms with van der Waals surface area (Å²) >= 11 is 6.26. The first-order chi connectivity index (χ1) is 10.2. The first-order valence-electron chi connectivity index (χ1n) is 7.17. The van der Waals surface area contributed by atoms with Gasteiger partial charge in [0.1, 0.15) is 0 Å². The number of nitrogens with one attached hydrogen (secondary N) is 2. The predicted molar refractivity (Wildman–Crippen MR) is 90.0 cm³/mol. The van der Waals surface area contributed by atoms with Crippen molar-refractivity contribution in [3.8, 4) is 11.8 Å². The number of halogens is 1. The zero-order chi connectivity index (χ0) is 15.2. The van der Waals surface area contributed by atoms with Crippen LogP contribution in [0.3, 0.4) is 0 Å². The molecule has 0 aliphatic heterocycles. The van der Waals surface area contributed by atoms with Crippen molar-refractivity contribution in [2.24, 2.45) is 0 Å². The summed E-state index contributed by atoms with van der Waals surface area (Å²) in [5, 5.41) is 7.05. The normalized spacial score (nSPS) is 10.1. The van der Waals surface area contributed by atoms with E-state index in [1.165, 1.54) is 0 Å². The lowest BCUT2D eigenvalue weighted by Gasteiger charge is -2.11. The van der Waals surface area contributed by atoms with Crippen LogP contribution < -0.4 is 10.6 Å². The zero-order valence-electron chi connectivity index (χ0n) is 12.5. The Balaban J connectivity index is 2.58. The fraction of sp³-hybridized carbons (Fsp3) is 0.375. The molecule has 0 radical (unpaired) electrons. The van der Waals surface area contributed by atoms with Crippen molar-refractivity contribution in [2.45, 2.75) is 27.2 Å². The van der Waals surface area contributed by atoms with Crippen molar-refractivity contribution in [2.75, 3.05) is 23.7 Å². The third kappa shape index (κ3) is 3.56. The summed E-state index contributed by atoms with van der Waals surface area (Å²) in [4.78, 5) is 9.23. The molecule has 110 valence electrons. The van der Waals surface area contributed by atoms with Crippen molar-refractivity contribution in [1.29, 1.82) is 0 Å². The lowest BCUT2D eigenvalue weighted by atomic mass is 10.2. The highest BCUT2D eigenvalue weighted by molar-refractivity contribution is 6.32. The van der Waals surface area contributed by atoms with Crippen LogP contribution in [0.1, 0.15) is 32.8 Å². The van der Waals surface area contributed by atoms with Crippen LogP contribution in [0.25, 0.3) is 11.0 Å². The van der Waals surface area contributed by atoms with E-state index in [2.05, 4.69) is 32.4 Å². The molecule has 0 amide bonds. The van der Waals surface area contributed by atoms with Crippen LogP contribution >= 0.6 is 11.6 Å². The maximum Gasteiger partial charge on any atom is 0.169 e. The van der Waals surface area contributed by atoms with Crippen molar-refractivity contribution >= 4 is 34.3 Å². The van der Waals surface area contributed by atoms with Crippen molar-refractivity contribution in [1.82, 2.24) is 9.97 Å². The molecule has 1 aromatic carbocycles. The molecule has 0 unspecified atom stereocenters. The van der Waals surface area contributed by atoms with E-state index in [0.29, 0.717) is 5.02 Å². The molecule has 0 spiro atoms. The van der Waals surface area contributed by atoms with Gasteiger partial charge in [-0.05, 0) is 26.0 Å². The van der Waals surface area contributed by atoms with Crippen molar-refractivity contribution in [3.63, 3.8) is 0 Å². The summed E-state index contributed by atoms with van der Waals surface area (Å²) in [6.45, 7) is 7.63. The maximum absolute atomic E-state index is 6.26. The van der Waals surface area contributed by atoms with E-state index in [4.69, 9.17) is 11.6 Å². The molecule has 21 heavy (non-hydrogen) atoms. The van der Waals surface area contributed by atoms with Crippen LogP contribution in [0.4, 0.5) is 11.6 Å². The van der Waals surface area contributed by atoms with E-state index < -0.39 is 0 Å². The molecule has 0 aliphatic carbocycles. The average Bonchev–Trinajstić information content (AvgIpc) is 2.47. The summed E-state index contributed by atoms with van der Waals surface area (Å²) in [5.74, 6) is 7.59. The van der Waals surface area contributed by atoms with Gasteiger partial charge in [-0.1, -0.05) is 30.4 Å². The SMILES string of the molecule is CCC#Cc1cc2nc(NCC)c(NCC)nc2cc1Cl. The van der Waals surface area contributed by atoms with Crippen LogP contribution in [0.15, 0.2) is 12.1 Å². The Kier molecular flexibility index (Phi) is 5.24. The number of benzene rings is 1. The van der Waals surface area contributed by atoms with E-state index in [-0.39, 0.29) is 0 Å². The van der Waals surface area contributed by atoms with Crippen LogP contribution in [-0.2, 0) is 0 Å². The van der Waals surface area contributed by atoms with Crippen LogP contribution in [0.2, 0.25) is 5.02 Å². The summed E-state index contributed by atoms with van der Waals surface area (Å²) in [7, 11) is 0. The molecule has 0 aliphatic rings. The van der Waals surface area contributed by atoms with Gasteiger partial charge in [-0.2, -0.15) is 0 Å². The number of hydrogen-bond acceptors (Lipinski definition) is 4. The second kappa shape index (κ2) is 7.14. The number of fused-ring (bicyclic) bond motifs is 1. The zero-order valence-corrected chi connectivity index (χ0v) is 13.3. The lowest BCUT2D eigenvalue weighted by molar-refractivity contribution is 1.12. The minimum atomic E-state index is 0.608. The molecule has 0 saturated heterocycles. The molecule has 0 atom stereocenters. The Morgan fingerprint density at radius 3 is 2.10 bits per heavy atom. The van der Waals surface area contributed by atoms with Crippen molar-refractivity contribution in [3.05, 3.63) is 22.7 Å². The molecule has 2 N–H and O–H groups in total. The number of anilines is 2. The smallest absolute Gasteiger partial charge is 0.169 e. The molecular formula is C16H19ClN4. The third-order valence-corrected chi connectivity index (χ3v) is 3.15. The first kappa shape index (κ1) is 15.4. The summed E-state index contributed by atoms with van der Waals surface area (Å²) in [6.07, 6.45) is 0.794. The Hall–Kier alpha value is -1.99. The standard InChI is InChI=1S/C16H19ClN4/c1-4-7-8-11-9-13-14(10-12(11)17)21-16(19-6-3)15(20-13)18-5-2/h9-10H,4-6H2,1-3H3,(H,18,20)(H,19,21). The molecule has 5 heteroatoms. The molecule has 2 aromatic rings. The molecule has 0 fully saturated rings. The van der Waals surface area contributed by atoms with Gasteiger partial charge in [-0.3, -0.25) is 0 Å². The molecule has 2 rings (SSSR count). The molecule has 1 heterocycles. The van der Waals surface area contributed by atoms with Gasteiger partial charge in [0.05, 0.1) is 16.1 Å². The Morgan fingerprint density at radius 1 is 1.00 bits per heavy atom. The topological polar surface area (TPSA) is 49.8 Å². The number of rotatable bonds is 4. The largest absolute Gasteiger partial charge is 0.367 e. The van der Waals surface area contributed by atoms with Gasteiger partial charge < -0.3 is 10.6 Å². The summed E-state index contributed by atoms with van der Waals surface area (Å²) in [5.41, 5.74) is 2.34. The molecule has 1 aromatic heterocycles. The predicted octanol–water partition coefficient (Wildman–Crippen LogP) is 3.91. The van der Waals surface area contributed by atoms with E-state index in [9.17, 15) is 0 Å². The number of aromatic nitrogens is 2. The second-order valence-electron chi connectivity index (χ2n) is 4.46. The molecule has 0 bridgehead atoms. The minimum absolute atomic E-state index is 0.608. The van der Waals surface area contributed by atoms with Gasteiger partial charge >= 0.3 is 0 Å². The lowest BCUT2D eigenvalue weighted by Crippen LogP contribution is -2.08. The Morgan fingerprint density at radius 2 is 1.57 bits per heavy atom. The monoisotopic (exact) mass is 302 g/mol. The number of hydrogen-bond donors (Lipinski definition) is 2. The summed E-state index contributed by atoms with van der Waals surface area (Å²) < 4.78 is 0. The van der Waals surface area contributed by atoms with E-state index >= 15 is 0 Å². The molecule has 4 nitrogen and oxygen atoms in total. The second-order valence-corrected chi connectivity index (χ2v) is 4.86. The fourth-order valence-electron chi connectivity index (χ4n) is 1.94. The fourth-order valence-corrected chi connectivity index (χ4v) is 2.14. The van der Waals surface area contributed by atoms with Gasteiger partial charge in [-0.25, -0.2) is 9.97 Å². The Bertz CT molecular complexity index is 701. The van der Waals surface area contributed by atoms with Gasteiger partial charge in [0.25, 0.3) is 0 Å². The van der Waals surface area contributed by atoms with E-state index in [0.717, 1.165) is 47.7 Å². The van der Waals surface area contributed by atoms with Crippen LogP contribution in [0, 0.1) is 11.8 Å². The van der Waals surface area contributed by atoms with Crippen molar-refractivity contribution < 1.29 is 0 Å². The Labute approximate surface area is 130 Å². The van der Waals surface area contributed by atoms with Crippen LogP contribution in [-0.4, -0.2) is 23.1 Å². The highest BCUT2D eigenvalue weighted by Gasteiger charge is 2.10. The maximum atomic E-state index is 6.26. The van der Waals surface area contributed by atoms with E-state index in [1.807, 2.05) is 32.9 Å². The van der Waals surface area contributed by atoms with E-state index in [1.54, 1.807) is 0 Å². The highest BCUT2D eigenvalue weighted by atomic mass is 35.5. The molecule has 0 saturated carbocycles. The molecular weight excluding hydrogens is 284 g/mol. The quantitative estimate of drug-likeness (QED) is 0.841. The number of nitrogens with zero attached hydrogens (tertiary/aromatic N) is 2. The summed E-state index contributed by atoms with van der Waals surface area (Å²) in [6, 6.07) is 3.71. The van der Waals surface area contributed by atoms with Gasteiger partial charge in [0.15, 0.2) is 11.6 Å². The van der Waals surface area contributed by atoms with Gasteiger partial charge in [0, 0.05) is 25.1 Å². The third-order valence-electron chi connectivity index (χ3n) is 2.84. The first-order valence-corrected chi connectivity index (χ1v) is 7.55. The van der Waals surface area contributed by atoms with Gasteiger partial charge in [-0.15, -0.1) is 0 Å². The average molecular weight is 303 g/mol. The highest BCUT2D eigenvalue weighted by Crippen LogP contribution is 2.26. The van der Waals surface area contributed by atoms with Crippen LogP contribution in [0.5, 0.6) is 0 Å². The minimum Gasteiger partial charge on any atom is -0.367 e. The van der Waals surface area contributed by atoms with Gasteiger partial charge in [0.2, 0.25) is 0 Å².